The molecule has 3 heterocycles. The van der Waals surface area contributed by atoms with E-state index < -0.39 is 22.9 Å². The number of halogens is 1. The number of aromatic nitrogens is 1. The number of likely N-dealkylation sites (tertiary alicyclic amines) is 1. The summed E-state index contributed by atoms with van der Waals surface area (Å²) in [7, 11) is 2.00. The highest BCUT2D eigenvalue weighted by molar-refractivity contribution is 7.85. The van der Waals surface area contributed by atoms with Crippen LogP contribution in [0.1, 0.15) is 11.6 Å². The molecule has 2 aliphatic heterocycles. The highest BCUT2D eigenvalue weighted by Crippen LogP contribution is 2.37. The van der Waals surface area contributed by atoms with Crippen LogP contribution in [0.2, 0.25) is 0 Å². The van der Waals surface area contributed by atoms with Crippen LogP contribution < -0.4 is 9.03 Å². The topological polar surface area (TPSA) is 85.8 Å². The van der Waals surface area contributed by atoms with E-state index in [-0.39, 0.29) is 29.4 Å². The van der Waals surface area contributed by atoms with Crippen molar-refractivity contribution in [2.24, 2.45) is 0 Å². The molecule has 0 aliphatic carbocycles. The molecule has 2 saturated heterocycles. The standard InChI is InChI=1S/C15H15FN4O3S/c1-19-5-9(6-19)10-3-2-8-4-11(21)15(13(16)14(8)17-10)20-7-12(22)18-24(20)23/h2-4,9,21H,5-7H2,1H3,(H,18,22). The zero-order valence-corrected chi connectivity index (χ0v) is 13.6. The lowest BCUT2D eigenvalue weighted by Gasteiger charge is -2.35. The second-order valence-electron chi connectivity index (χ2n) is 6.10. The van der Waals surface area contributed by atoms with Gasteiger partial charge < -0.3 is 10.0 Å². The average Bonchev–Trinajstić information content (AvgIpc) is 2.82. The maximum atomic E-state index is 15.0. The number of hydrogen-bond acceptors (Lipinski definition) is 5. The third kappa shape index (κ3) is 2.31. The molecule has 1 aromatic carbocycles. The third-order valence-electron chi connectivity index (χ3n) is 4.32. The summed E-state index contributed by atoms with van der Waals surface area (Å²) in [5.74, 6) is -1.39. The van der Waals surface area contributed by atoms with Gasteiger partial charge in [-0.1, -0.05) is 6.07 Å². The van der Waals surface area contributed by atoms with Crippen molar-refractivity contribution in [1.82, 2.24) is 14.6 Å². The summed E-state index contributed by atoms with van der Waals surface area (Å²) in [6.07, 6.45) is 0. The lowest BCUT2D eigenvalue weighted by molar-refractivity contribution is -0.117. The summed E-state index contributed by atoms with van der Waals surface area (Å²) in [6, 6.07) is 4.92. The van der Waals surface area contributed by atoms with Crippen LogP contribution in [-0.2, 0) is 16.0 Å². The van der Waals surface area contributed by atoms with Crippen LogP contribution in [0.5, 0.6) is 5.75 Å². The number of phenolic OH excluding ortho intramolecular Hbond substituents is 1. The normalized spacial score (nSPS) is 22.0. The molecule has 0 radical (unpaired) electrons. The van der Waals surface area contributed by atoms with Crippen molar-refractivity contribution >= 4 is 33.7 Å². The van der Waals surface area contributed by atoms with Crippen LogP contribution in [0.25, 0.3) is 10.9 Å². The second-order valence-corrected chi connectivity index (χ2v) is 7.24. The molecule has 2 aliphatic rings. The van der Waals surface area contributed by atoms with Crippen molar-refractivity contribution in [3.05, 3.63) is 29.7 Å². The van der Waals surface area contributed by atoms with Crippen LogP contribution in [0.4, 0.5) is 10.1 Å². The molecule has 0 saturated carbocycles. The molecule has 2 N–H and O–H groups in total. The fourth-order valence-corrected chi connectivity index (χ4v) is 4.05. The molecule has 1 amide bonds. The van der Waals surface area contributed by atoms with Gasteiger partial charge in [0.05, 0.1) is 0 Å². The van der Waals surface area contributed by atoms with E-state index >= 15 is 0 Å². The number of nitrogens with one attached hydrogen (secondary N) is 1. The van der Waals surface area contributed by atoms with E-state index in [1.165, 1.54) is 6.07 Å². The quantitative estimate of drug-likeness (QED) is 0.830. The molecule has 126 valence electrons. The zero-order valence-electron chi connectivity index (χ0n) is 12.8. The number of nitrogens with zero attached hydrogens (tertiary/aromatic N) is 3. The molecule has 1 atom stereocenters. The first-order chi connectivity index (χ1) is 11.4. The van der Waals surface area contributed by atoms with Gasteiger partial charge in [-0.05, 0) is 19.2 Å². The van der Waals surface area contributed by atoms with E-state index in [4.69, 9.17) is 0 Å². The average molecular weight is 350 g/mol. The van der Waals surface area contributed by atoms with Gasteiger partial charge in [-0.3, -0.25) is 13.8 Å². The van der Waals surface area contributed by atoms with Crippen LogP contribution >= 0.6 is 0 Å². The van der Waals surface area contributed by atoms with Gasteiger partial charge in [0.25, 0.3) is 5.91 Å². The Labute approximate surface area is 139 Å². The number of carbonyl (C=O) groups excluding carboxylic acids is 1. The summed E-state index contributed by atoms with van der Waals surface area (Å²) in [6.45, 7) is 1.44. The molecule has 0 bridgehead atoms. The van der Waals surface area contributed by atoms with E-state index in [1.807, 2.05) is 13.1 Å². The Bertz CT molecular complexity index is 885. The van der Waals surface area contributed by atoms with Gasteiger partial charge in [0.15, 0.2) is 5.82 Å². The molecule has 2 aromatic rings. The molecule has 0 spiro atoms. The predicted molar refractivity (Wildman–Crippen MR) is 87.2 cm³/mol. The first-order valence-corrected chi connectivity index (χ1v) is 8.54. The molecule has 7 nitrogen and oxygen atoms in total. The zero-order chi connectivity index (χ0) is 17.0. The van der Waals surface area contributed by atoms with E-state index in [9.17, 15) is 18.5 Å². The fraction of sp³-hybridized carbons (Fsp3) is 0.333. The number of amides is 1. The minimum atomic E-state index is -1.92. The molecule has 9 heteroatoms. The largest absolute Gasteiger partial charge is 0.506 e. The second kappa shape index (κ2) is 5.38. The Kier molecular flexibility index (Phi) is 3.43. The summed E-state index contributed by atoms with van der Waals surface area (Å²) in [5.41, 5.74) is 0.619. The van der Waals surface area contributed by atoms with Crippen LogP contribution in [0, 0.1) is 5.82 Å². The SMILES string of the molecule is CN1CC(c2ccc3cc(O)c(N4CC(=O)NS4=O)c(F)c3n2)C1. The fourth-order valence-electron chi connectivity index (χ4n) is 3.10. The number of fused-ring (bicyclic) bond motifs is 1. The van der Waals surface area contributed by atoms with E-state index in [0.717, 1.165) is 23.1 Å². The Hall–Kier alpha value is -2.26. The smallest absolute Gasteiger partial charge is 0.253 e. The van der Waals surface area contributed by atoms with Gasteiger partial charge in [-0.2, -0.15) is 0 Å². The third-order valence-corrected chi connectivity index (χ3v) is 5.43. The molecule has 1 aromatic heterocycles. The molecular weight excluding hydrogens is 335 g/mol. The lowest BCUT2D eigenvalue weighted by Crippen LogP contribution is -2.42. The number of benzene rings is 1. The van der Waals surface area contributed by atoms with E-state index in [0.29, 0.717) is 5.39 Å². The Morgan fingerprint density at radius 3 is 2.79 bits per heavy atom. The van der Waals surface area contributed by atoms with Gasteiger partial charge in [-0.15, -0.1) is 0 Å². The van der Waals surface area contributed by atoms with Crippen LogP contribution in [0.3, 0.4) is 0 Å². The van der Waals surface area contributed by atoms with Gasteiger partial charge in [0.2, 0.25) is 11.2 Å². The maximum Gasteiger partial charge on any atom is 0.253 e. The molecule has 24 heavy (non-hydrogen) atoms. The van der Waals surface area contributed by atoms with Crippen LogP contribution in [-0.4, -0.2) is 51.8 Å². The van der Waals surface area contributed by atoms with Gasteiger partial charge in [-0.25, -0.2) is 13.6 Å². The van der Waals surface area contributed by atoms with Gasteiger partial charge >= 0.3 is 0 Å². The number of aromatic hydroxyl groups is 1. The Morgan fingerprint density at radius 2 is 2.17 bits per heavy atom. The lowest BCUT2D eigenvalue weighted by atomic mass is 9.96. The summed E-state index contributed by atoms with van der Waals surface area (Å²) in [5, 5.41) is 10.6. The van der Waals surface area contributed by atoms with Crippen molar-refractivity contribution in [2.45, 2.75) is 5.92 Å². The van der Waals surface area contributed by atoms with Crippen molar-refractivity contribution < 1.29 is 18.5 Å². The highest BCUT2D eigenvalue weighted by atomic mass is 32.2. The monoisotopic (exact) mass is 350 g/mol. The van der Waals surface area contributed by atoms with E-state index in [1.54, 1.807) is 6.07 Å². The van der Waals surface area contributed by atoms with Gasteiger partial charge in [0, 0.05) is 30.1 Å². The van der Waals surface area contributed by atoms with Crippen molar-refractivity contribution in [1.29, 1.82) is 0 Å². The highest BCUT2D eigenvalue weighted by Gasteiger charge is 2.33. The van der Waals surface area contributed by atoms with Gasteiger partial charge in [0.1, 0.15) is 23.5 Å². The van der Waals surface area contributed by atoms with Crippen LogP contribution in [0.15, 0.2) is 18.2 Å². The van der Waals surface area contributed by atoms with Crippen molar-refractivity contribution in [3.63, 3.8) is 0 Å². The Balaban J connectivity index is 1.82. The predicted octanol–water partition coefficient (Wildman–Crippen LogP) is 0.623. The summed E-state index contributed by atoms with van der Waals surface area (Å²) < 4.78 is 30.0. The summed E-state index contributed by atoms with van der Waals surface area (Å²) >= 11 is -1.92. The number of pyridine rings is 1. The number of carbonyl (C=O) groups is 1. The first-order valence-electron chi connectivity index (χ1n) is 7.43. The van der Waals surface area contributed by atoms with Crippen molar-refractivity contribution in [2.75, 3.05) is 31.0 Å². The number of hydrogen-bond donors (Lipinski definition) is 2. The number of rotatable bonds is 2. The number of likely N-dealkylation sites (N-methyl/N-ethyl adjacent to an activating group) is 1. The van der Waals surface area contributed by atoms with Crippen molar-refractivity contribution in [3.8, 4) is 5.75 Å². The minimum Gasteiger partial charge on any atom is -0.506 e. The molecule has 1 unspecified atom stereocenters. The number of phenols is 1. The molecule has 4 rings (SSSR count). The maximum absolute atomic E-state index is 15.0. The molecule has 2 fully saturated rings. The molecular formula is C15H15FN4O3S. The summed E-state index contributed by atoms with van der Waals surface area (Å²) in [4.78, 5) is 17.9. The minimum absolute atomic E-state index is 0.103. The first kappa shape index (κ1) is 15.3. The van der Waals surface area contributed by atoms with E-state index in [2.05, 4.69) is 14.6 Å². The number of anilines is 1. The Morgan fingerprint density at radius 1 is 1.42 bits per heavy atom.